The zero-order valence-corrected chi connectivity index (χ0v) is 13.6. The van der Waals surface area contributed by atoms with Crippen LogP contribution in [0.5, 0.6) is 0 Å². The molecule has 0 radical (unpaired) electrons. The fourth-order valence-electron chi connectivity index (χ4n) is 2.91. The number of sulfonamides is 1. The molecule has 0 spiro atoms. The van der Waals surface area contributed by atoms with E-state index >= 15 is 0 Å². The second-order valence-corrected chi connectivity index (χ2v) is 7.43. The number of carbonyl (C=O) groups excluding carboxylic acids is 1. The molecular formula is C17H18N2O3S. The largest absolute Gasteiger partial charge is 0.345 e. The van der Waals surface area contributed by atoms with Crippen molar-refractivity contribution in [1.29, 1.82) is 0 Å². The number of nitrogens with one attached hydrogen (secondary N) is 2. The maximum Gasteiger partial charge on any atom is 0.253 e. The van der Waals surface area contributed by atoms with Crippen molar-refractivity contribution < 1.29 is 13.2 Å². The van der Waals surface area contributed by atoms with Gasteiger partial charge in [0.2, 0.25) is 10.0 Å². The number of para-hydroxylation sites is 1. The Balaban J connectivity index is 1.83. The highest BCUT2D eigenvalue weighted by molar-refractivity contribution is 7.92. The van der Waals surface area contributed by atoms with Crippen LogP contribution >= 0.6 is 0 Å². The van der Waals surface area contributed by atoms with E-state index in [9.17, 15) is 13.2 Å². The first kappa shape index (κ1) is 15.6. The third-order valence-corrected chi connectivity index (χ3v) is 4.50. The summed E-state index contributed by atoms with van der Waals surface area (Å²) in [7, 11) is -3.44. The molecule has 2 aromatic carbocycles. The standard InChI is InChI=1S/C17H18N2O3S/c1-23(21,22)19-16-9-5-4-8-14(16)17(20)18-15-11-10-12-6-2-3-7-13(12)15/h2-9,15,19H,10-11H2,1H3,(H,18,20). The highest BCUT2D eigenvalue weighted by Crippen LogP contribution is 2.31. The van der Waals surface area contributed by atoms with Gasteiger partial charge in [0, 0.05) is 0 Å². The summed E-state index contributed by atoms with van der Waals surface area (Å²) in [5.74, 6) is -0.279. The topological polar surface area (TPSA) is 75.3 Å². The van der Waals surface area contributed by atoms with E-state index in [1.165, 1.54) is 5.56 Å². The van der Waals surface area contributed by atoms with Crippen molar-refractivity contribution in [3.05, 3.63) is 65.2 Å². The first-order chi connectivity index (χ1) is 10.9. The summed E-state index contributed by atoms with van der Waals surface area (Å²) in [6, 6.07) is 14.6. The lowest BCUT2D eigenvalue weighted by Crippen LogP contribution is -2.28. The van der Waals surface area contributed by atoms with Gasteiger partial charge in [-0.05, 0) is 36.1 Å². The molecule has 6 heteroatoms. The van der Waals surface area contributed by atoms with E-state index in [0.29, 0.717) is 11.3 Å². The van der Waals surface area contributed by atoms with Gasteiger partial charge >= 0.3 is 0 Å². The van der Waals surface area contributed by atoms with Crippen LogP contribution in [0.25, 0.3) is 0 Å². The van der Waals surface area contributed by atoms with Gasteiger partial charge in [-0.15, -0.1) is 0 Å². The quantitative estimate of drug-likeness (QED) is 0.904. The van der Waals surface area contributed by atoms with E-state index in [1.807, 2.05) is 18.2 Å². The molecule has 0 saturated carbocycles. The number of anilines is 1. The maximum atomic E-state index is 12.6. The van der Waals surface area contributed by atoms with E-state index < -0.39 is 10.0 Å². The number of hydrogen-bond donors (Lipinski definition) is 2. The van der Waals surface area contributed by atoms with Crippen molar-refractivity contribution in [3.8, 4) is 0 Å². The van der Waals surface area contributed by atoms with Gasteiger partial charge < -0.3 is 5.32 Å². The number of amides is 1. The number of carbonyl (C=O) groups is 1. The Morgan fingerprint density at radius 1 is 1.09 bits per heavy atom. The minimum absolute atomic E-state index is 0.0370. The Kier molecular flexibility index (Phi) is 4.09. The second-order valence-electron chi connectivity index (χ2n) is 5.68. The summed E-state index contributed by atoms with van der Waals surface area (Å²) in [4.78, 5) is 12.6. The zero-order valence-electron chi connectivity index (χ0n) is 12.7. The van der Waals surface area contributed by atoms with Gasteiger partial charge in [0.25, 0.3) is 5.91 Å². The lowest BCUT2D eigenvalue weighted by Gasteiger charge is -2.16. The smallest absolute Gasteiger partial charge is 0.253 e. The highest BCUT2D eigenvalue weighted by Gasteiger charge is 2.24. The molecule has 0 heterocycles. The predicted octanol–water partition coefficient (Wildman–Crippen LogP) is 2.48. The molecule has 0 aromatic heterocycles. The summed E-state index contributed by atoms with van der Waals surface area (Å²) in [5, 5.41) is 3.00. The van der Waals surface area contributed by atoms with E-state index in [0.717, 1.165) is 24.7 Å². The fraction of sp³-hybridized carbons (Fsp3) is 0.235. The average molecular weight is 330 g/mol. The summed E-state index contributed by atoms with van der Waals surface area (Å²) in [6.07, 6.45) is 2.85. The van der Waals surface area contributed by atoms with Crippen LogP contribution in [-0.4, -0.2) is 20.6 Å². The first-order valence-electron chi connectivity index (χ1n) is 7.39. The summed E-state index contributed by atoms with van der Waals surface area (Å²) in [6.45, 7) is 0. The van der Waals surface area contributed by atoms with Crippen molar-refractivity contribution >= 4 is 21.6 Å². The van der Waals surface area contributed by atoms with Crippen LogP contribution in [0.1, 0.15) is 33.9 Å². The molecule has 2 aromatic rings. The monoisotopic (exact) mass is 330 g/mol. The summed E-state index contributed by atoms with van der Waals surface area (Å²) in [5.41, 5.74) is 3.00. The summed E-state index contributed by atoms with van der Waals surface area (Å²) >= 11 is 0. The predicted molar refractivity (Wildman–Crippen MR) is 89.9 cm³/mol. The SMILES string of the molecule is CS(=O)(=O)Nc1ccccc1C(=O)NC1CCc2ccccc21. The minimum Gasteiger partial charge on any atom is -0.345 e. The number of hydrogen-bond acceptors (Lipinski definition) is 3. The molecule has 120 valence electrons. The molecule has 1 amide bonds. The first-order valence-corrected chi connectivity index (χ1v) is 9.29. The molecule has 3 rings (SSSR count). The van der Waals surface area contributed by atoms with Crippen LogP contribution in [0.15, 0.2) is 48.5 Å². The number of rotatable bonds is 4. The summed E-state index contributed by atoms with van der Waals surface area (Å²) < 4.78 is 25.3. The van der Waals surface area contributed by atoms with Crippen LogP contribution < -0.4 is 10.0 Å². The average Bonchev–Trinajstić information content (AvgIpc) is 2.89. The van der Waals surface area contributed by atoms with E-state index in [2.05, 4.69) is 16.1 Å². The van der Waals surface area contributed by atoms with E-state index in [1.54, 1.807) is 24.3 Å². The third kappa shape index (κ3) is 3.53. The lowest BCUT2D eigenvalue weighted by molar-refractivity contribution is 0.0937. The zero-order chi connectivity index (χ0) is 16.4. The normalized spacial score (nSPS) is 16.7. The van der Waals surface area contributed by atoms with Crippen LogP contribution in [0.3, 0.4) is 0 Å². The third-order valence-electron chi connectivity index (χ3n) is 3.91. The van der Waals surface area contributed by atoms with Crippen LogP contribution in [0.4, 0.5) is 5.69 Å². The fourth-order valence-corrected chi connectivity index (χ4v) is 3.49. The van der Waals surface area contributed by atoms with Crippen molar-refractivity contribution in [1.82, 2.24) is 5.32 Å². The minimum atomic E-state index is -3.44. The van der Waals surface area contributed by atoms with Gasteiger partial charge in [-0.1, -0.05) is 36.4 Å². The van der Waals surface area contributed by atoms with Gasteiger partial charge in [-0.3, -0.25) is 9.52 Å². The molecule has 5 nitrogen and oxygen atoms in total. The number of fused-ring (bicyclic) bond motifs is 1. The molecule has 1 aliphatic rings. The molecule has 2 N–H and O–H groups in total. The molecule has 0 bridgehead atoms. The molecular weight excluding hydrogens is 312 g/mol. The van der Waals surface area contributed by atoms with Crippen molar-refractivity contribution in [3.63, 3.8) is 0 Å². The Bertz CT molecular complexity index is 846. The van der Waals surface area contributed by atoms with Crippen LogP contribution in [0.2, 0.25) is 0 Å². The molecule has 0 saturated heterocycles. The van der Waals surface area contributed by atoms with Gasteiger partial charge in [0.15, 0.2) is 0 Å². The van der Waals surface area contributed by atoms with Crippen LogP contribution in [0, 0.1) is 0 Å². The maximum absolute atomic E-state index is 12.6. The van der Waals surface area contributed by atoms with E-state index in [-0.39, 0.29) is 11.9 Å². The number of aryl methyl sites for hydroxylation is 1. The van der Waals surface area contributed by atoms with E-state index in [4.69, 9.17) is 0 Å². The molecule has 0 fully saturated rings. The number of benzene rings is 2. The second kappa shape index (κ2) is 6.04. The van der Waals surface area contributed by atoms with Crippen molar-refractivity contribution in [2.24, 2.45) is 0 Å². The van der Waals surface area contributed by atoms with Crippen LogP contribution in [-0.2, 0) is 16.4 Å². The van der Waals surface area contributed by atoms with Crippen molar-refractivity contribution in [2.75, 3.05) is 11.0 Å². The molecule has 0 aliphatic heterocycles. The molecule has 23 heavy (non-hydrogen) atoms. The Labute approximate surface area is 135 Å². The van der Waals surface area contributed by atoms with Crippen molar-refractivity contribution in [2.45, 2.75) is 18.9 Å². The Morgan fingerprint density at radius 2 is 1.78 bits per heavy atom. The Morgan fingerprint density at radius 3 is 2.57 bits per heavy atom. The lowest BCUT2D eigenvalue weighted by atomic mass is 10.1. The van der Waals surface area contributed by atoms with Gasteiger partial charge in [-0.25, -0.2) is 8.42 Å². The van der Waals surface area contributed by atoms with Gasteiger partial charge in [0.05, 0.1) is 23.5 Å². The van der Waals surface area contributed by atoms with Gasteiger partial charge in [-0.2, -0.15) is 0 Å². The Hall–Kier alpha value is -2.34. The molecule has 1 aliphatic carbocycles. The van der Waals surface area contributed by atoms with Gasteiger partial charge in [0.1, 0.15) is 0 Å². The highest BCUT2D eigenvalue weighted by atomic mass is 32.2. The molecule has 1 unspecified atom stereocenters. The molecule has 1 atom stereocenters.